The van der Waals surface area contributed by atoms with E-state index in [1.54, 1.807) is 24.4 Å². The van der Waals surface area contributed by atoms with E-state index in [4.69, 9.17) is 9.94 Å². The van der Waals surface area contributed by atoms with Gasteiger partial charge in [0.2, 0.25) is 17.7 Å². The van der Waals surface area contributed by atoms with Gasteiger partial charge in [0.05, 0.1) is 6.61 Å². The number of carbonyl (C=O) groups excluding carboxylic acids is 3. The molecule has 0 radical (unpaired) electrons. The van der Waals surface area contributed by atoms with E-state index in [9.17, 15) is 14.4 Å². The number of rotatable bonds is 9. The average molecular weight is 371 g/mol. The molecule has 0 bridgehead atoms. The van der Waals surface area contributed by atoms with Crippen LogP contribution in [0.4, 0.5) is 0 Å². The number of hydrogen-bond acceptors (Lipinski definition) is 5. The monoisotopic (exact) mass is 371 g/mol. The van der Waals surface area contributed by atoms with Crippen LogP contribution in [-0.2, 0) is 19.1 Å². The number of likely N-dealkylation sites (tertiary alicyclic amines) is 1. The van der Waals surface area contributed by atoms with Crippen molar-refractivity contribution in [3.05, 3.63) is 0 Å². The molecule has 0 unspecified atom stereocenters. The molecule has 1 saturated heterocycles. The van der Waals surface area contributed by atoms with Gasteiger partial charge in [-0.25, -0.2) is 5.48 Å². The van der Waals surface area contributed by atoms with Crippen molar-refractivity contribution < 1.29 is 24.3 Å². The van der Waals surface area contributed by atoms with Crippen molar-refractivity contribution in [2.45, 2.75) is 52.5 Å². The summed E-state index contributed by atoms with van der Waals surface area (Å²) >= 11 is 0. The number of hydrogen-bond donors (Lipinski definition) is 3. The second-order valence-corrected chi connectivity index (χ2v) is 7.38. The number of ether oxygens (including phenoxy) is 1. The summed E-state index contributed by atoms with van der Waals surface area (Å²) in [6, 6.07) is -0.582. The molecule has 0 aliphatic carbocycles. The summed E-state index contributed by atoms with van der Waals surface area (Å²) in [5.41, 5.74) is 1.62. The molecular formula is C18H33N3O5. The lowest BCUT2D eigenvalue weighted by Gasteiger charge is -2.28. The van der Waals surface area contributed by atoms with Crippen LogP contribution < -0.4 is 10.8 Å². The second kappa shape index (κ2) is 11.1. The first-order chi connectivity index (χ1) is 12.3. The van der Waals surface area contributed by atoms with Crippen LogP contribution >= 0.6 is 0 Å². The lowest BCUT2D eigenvalue weighted by molar-refractivity contribution is -0.142. The minimum absolute atomic E-state index is 0.101. The molecule has 0 saturated carbocycles. The Balaban J connectivity index is 2.84. The Morgan fingerprint density at radius 2 is 1.96 bits per heavy atom. The molecule has 1 aliphatic heterocycles. The van der Waals surface area contributed by atoms with Crippen molar-refractivity contribution in [2.75, 3.05) is 26.8 Å². The Kier molecular flexibility index (Phi) is 9.58. The zero-order valence-corrected chi connectivity index (χ0v) is 16.3. The average Bonchev–Trinajstić information content (AvgIpc) is 2.78. The van der Waals surface area contributed by atoms with E-state index in [1.165, 1.54) is 0 Å². The fourth-order valence-corrected chi connectivity index (χ4v) is 3.27. The summed E-state index contributed by atoms with van der Waals surface area (Å²) in [4.78, 5) is 39.1. The highest BCUT2D eigenvalue weighted by Gasteiger charge is 2.34. The van der Waals surface area contributed by atoms with Crippen LogP contribution in [0, 0.1) is 17.8 Å². The Hall–Kier alpha value is -1.67. The van der Waals surface area contributed by atoms with Crippen LogP contribution in [0.3, 0.4) is 0 Å². The number of methoxy groups -OCH3 is 1. The molecule has 1 heterocycles. The quantitative estimate of drug-likeness (QED) is 0.413. The fraction of sp³-hybridized carbons (Fsp3) is 0.833. The molecular weight excluding hydrogens is 338 g/mol. The van der Waals surface area contributed by atoms with Gasteiger partial charge in [-0.2, -0.15) is 0 Å². The van der Waals surface area contributed by atoms with Gasteiger partial charge < -0.3 is 15.0 Å². The maximum Gasteiger partial charge on any atom is 0.246 e. The molecule has 3 atom stereocenters. The van der Waals surface area contributed by atoms with E-state index in [-0.39, 0.29) is 17.7 Å². The summed E-state index contributed by atoms with van der Waals surface area (Å²) in [7, 11) is 1.59. The van der Waals surface area contributed by atoms with Gasteiger partial charge in [-0.1, -0.05) is 20.8 Å². The van der Waals surface area contributed by atoms with E-state index in [0.29, 0.717) is 32.5 Å². The third-order valence-corrected chi connectivity index (χ3v) is 4.85. The van der Waals surface area contributed by atoms with Gasteiger partial charge in [-0.05, 0) is 31.6 Å². The van der Waals surface area contributed by atoms with E-state index >= 15 is 0 Å². The molecule has 1 rings (SSSR count). The van der Waals surface area contributed by atoms with Crippen LogP contribution in [0.25, 0.3) is 0 Å². The number of amides is 3. The zero-order chi connectivity index (χ0) is 19.7. The summed E-state index contributed by atoms with van der Waals surface area (Å²) in [6.45, 7) is 7.15. The molecule has 0 aromatic carbocycles. The first kappa shape index (κ1) is 22.4. The number of nitrogens with zero attached hydrogens (tertiary/aromatic N) is 1. The molecule has 0 aromatic rings. The highest BCUT2D eigenvalue weighted by molar-refractivity contribution is 5.91. The molecule has 8 nitrogen and oxygen atoms in total. The lowest BCUT2D eigenvalue weighted by Crippen LogP contribution is -2.51. The summed E-state index contributed by atoms with van der Waals surface area (Å²) < 4.78 is 5.05. The van der Waals surface area contributed by atoms with Crippen LogP contribution in [0.5, 0.6) is 0 Å². The van der Waals surface area contributed by atoms with Crippen molar-refractivity contribution in [1.82, 2.24) is 15.7 Å². The largest absolute Gasteiger partial charge is 0.383 e. The number of nitrogens with one attached hydrogen (secondary N) is 2. The van der Waals surface area contributed by atoms with Crippen LogP contribution in [0.1, 0.15) is 46.5 Å². The first-order valence-corrected chi connectivity index (χ1v) is 9.33. The predicted molar refractivity (Wildman–Crippen MR) is 96.3 cm³/mol. The highest BCUT2D eigenvalue weighted by atomic mass is 16.5. The number of hydroxylamine groups is 1. The molecule has 1 fully saturated rings. The fourth-order valence-electron chi connectivity index (χ4n) is 3.27. The van der Waals surface area contributed by atoms with Gasteiger partial charge in [0.1, 0.15) is 6.04 Å². The lowest BCUT2D eigenvalue weighted by atomic mass is 9.85. The standard InChI is InChI=1S/C18H33N3O5/c1-12(2)11-14(13(3)16(22)20-25)17(23)19-15-7-5-6-8-21(18(15)24)9-10-26-4/h12-15,25H,5-11H2,1-4H3,(H,19,23)(H,20,22)/t13-,14+,15-/m0/s1. The normalized spacial score (nSPS) is 20.5. The van der Waals surface area contributed by atoms with Gasteiger partial charge in [0, 0.05) is 32.0 Å². The molecule has 0 spiro atoms. The van der Waals surface area contributed by atoms with Gasteiger partial charge in [0.25, 0.3) is 0 Å². The minimum atomic E-state index is -0.687. The van der Waals surface area contributed by atoms with Crippen molar-refractivity contribution in [1.29, 1.82) is 0 Å². The zero-order valence-electron chi connectivity index (χ0n) is 16.3. The van der Waals surface area contributed by atoms with Crippen LogP contribution in [0.2, 0.25) is 0 Å². The smallest absolute Gasteiger partial charge is 0.246 e. The Labute approximate surface area is 155 Å². The van der Waals surface area contributed by atoms with Crippen LogP contribution in [-0.4, -0.2) is 60.7 Å². The number of carbonyl (C=O) groups is 3. The Morgan fingerprint density at radius 3 is 2.54 bits per heavy atom. The molecule has 8 heteroatoms. The topological polar surface area (TPSA) is 108 Å². The van der Waals surface area contributed by atoms with Crippen molar-refractivity contribution in [2.24, 2.45) is 17.8 Å². The van der Waals surface area contributed by atoms with E-state index in [0.717, 1.165) is 12.8 Å². The molecule has 3 amide bonds. The first-order valence-electron chi connectivity index (χ1n) is 9.33. The van der Waals surface area contributed by atoms with E-state index in [1.807, 2.05) is 13.8 Å². The summed E-state index contributed by atoms with van der Waals surface area (Å²) in [5, 5.41) is 11.7. The van der Waals surface area contributed by atoms with Gasteiger partial charge in [0.15, 0.2) is 0 Å². The predicted octanol–water partition coefficient (Wildman–Crippen LogP) is 0.934. The Morgan fingerprint density at radius 1 is 1.27 bits per heavy atom. The molecule has 0 aromatic heterocycles. The summed E-state index contributed by atoms with van der Waals surface area (Å²) in [6.07, 6.45) is 2.82. The van der Waals surface area contributed by atoms with Gasteiger partial charge in [-0.3, -0.25) is 19.6 Å². The highest BCUT2D eigenvalue weighted by Crippen LogP contribution is 2.22. The van der Waals surface area contributed by atoms with Crippen molar-refractivity contribution in [3.8, 4) is 0 Å². The third kappa shape index (κ3) is 6.57. The maximum atomic E-state index is 12.8. The molecule has 150 valence electrons. The van der Waals surface area contributed by atoms with Crippen molar-refractivity contribution >= 4 is 17.7 Å². The van der Waals surface area contributed by atoms with E-state index < -0.39 is 23.8 Å². The van der Waals surface area contributed by atoms with Crippen LogP contribution in [0.15, 0.2) is 0 Å². The molecule has 26 heavy (non-hydrogen) atoms. The molecule has 3 N–H and O–H groups in total. The SMILES string of the molecule is COCCN1CCCC[C@H](NC(=O)[C@H](CC(C)C)[C@H](C)C(=O)NO)C1=O. The Bertz CT molecular complexity index is 483. The minimum Gasteiger partial charge on any atom is -0.383 e. The summed E-state index contributed by atoms with van der Waals surface area (Å²) in [5.74, 6) is -2.11. The van der Waals surface area contributed by atoms with Crippen molar-refractivity contribution in [3.63, 3.8) is 0 Å². The van der Waals surface area contributed by atoms with E-state index in [2.05, 4.69) is 5.32 Å². The van der Waals surface area contributed by atoms with Gasteiger partial charge in [-0.15, -0.1) is 0 Å². The second-order valence-electron chi connectivity index (χ2n) is 7.38. The molecule has 1 aliphatic rings. The third-order valence-electron chi connectivity index (χ3n) is 4.85. The van der Waals surface area contributed by atoms with Gasteiger partial charge >= 0.3 is 0 Å². The maximum absolute atomic E-state index is 12.8.